The lowest BCUT2D eigenvalue weighted by Crippen LogP contribution is -1.66. The Balaban J connectivity index is 0.000000160. The highest BCUT2D eigenvalue weighted by molar-refractivity contribution is 5.30. The van der Waals surface area contributed by atoms with Gasteiger partial charge < -0.3 is 15.3 Å². The van der Waals surface area contributed by atoms with Crippen molar-refractivity contribution >= 4 is 0 Å². The molecule has 16 heavy (non-hydrogen) atoms. The van der Waals surface area contributed by atoms with Gasteiger partial charge in [-0.1, -0.05) is 18.2 Å². The molecule has 0 fully saturated rings. The molecule has 0 saturated carbocycles. The van der Waals surface area contributed by atoms with Crippen LogP contribution >= 0.6 is 0 Å². The van der Waals surface area contributed by atoms with Crippen molar-refractivity contribution in [2.24, 2.45) is 0 Å². The van der Waals surface area contributed by atoms with Gasteiger partial charge >= 0.3 is 0 Å². The van der Waals surface area contributed by atoms with Gasteiger partial charge in [-0.25, -0.2) is 0 Å². The molecule has 0 aliphatic heterocycles. The highest BCUT2D eigenvalue weighted by Crippen LogP contribution is 2.14. The second-order valence-electron chi connectivity index (χ2n) is 3.36. The van der Waals surface area contributed by atoms with Gasteiger partial charge in [-0.2, -0.15) is 0 Å². The standard InChI is InChI=1S/C7H8O.C6H6O2/c1-6-3-2-4-7(8)5-6;7-5-2-1-3-6(8)4-5/h2-5,8H,1H3;1-4,7-8H. The lowest BCUT2D eigenvalue weighted by Gasteiger charge is -1.89. The minimum absolute atomic E-state index is 0.0880. The lowest BCUT2D eigenvalue weighted by atomic mass is 10.2. The predicted molar refractivity (Wildman–Crippen MR) is 62.6 cm³/mol. The summed E-state index contributed by atoms with van der Waals surface area (Å²) in [6.45, 7) is 1.94. The van der Waals surface area contributed by atoms with Crippen LogP contribution in [0.4, 0.5) is 0 Å². The summed E-state index contributed by atoms with van der Waals surface area (Å²) in [5.41, 5.74) is 1.09. The van der Waals surface area contributed by atoms with Crippen molar-refractivity contribution in [2.45, 2.75) is 6.92 Å². The van der Waals surface area contributed by atoms with E-state index in [9.17, 15) is 0 Å². The molecule has 0 atom stereocenters. The molecule has 2 aromatic carbocycles. The number of aryl methyl sites for hydroxylation is 1. The van der Waals surface area contributed by atoms with Gasteiger partial charge in [0.1, 0.15) is 17.2 Å². The molecule has 3 nitrogen and oxygen atoms in total. The summed E-state index contributed by atoms with van der Waals surface area (Å²) in [4.78, 5) is 0. The minimum atomic E-state index is 0.0880. The summed E-state index contributed by atoms with van der Waals surface area (Å²) in [6.07, 6.45) is 0. The monoisotopic (exact) mass is 218 g/mol. The van der Waals surface area contributed by atoms with Gasteiger partial charge in [0.25, 0.3) is 0 Å². The molecule has 0 amide bonds. The van der Waals surface area contributed by atoms with Gasteiger partial charge in [0.15, 0.2) is 0 Å². The average Bonchev–Trinajstić information content (AvgIpc) is 2.17. The van der Waals surface area contributed by atoms with E-state index in [0.29, 0.717) is 5.75 Å². The Bertz CT molecular complexity index is 374. The summed E-state index contributed by atoms with van der Waals surface area (Å²) >= 11 is 0. The number of phenolic OH excluding ortho intramolecular Hbond substituents is 3. The molecule has 0 aliphatic rings. The number of benzene rings is 2. The van der Waals surface area contributed by atoms with E-state index in [1.54, 1.807) is 18.2 Å². The average molecular weight is 218 g/mol. The molecule has 0 bridgehead atoms. The third-order valence-electron chi connectivity index (χ3n) is 1.83. The Morgan fingerprint density at radius 3 is 1.38 bits per heavy atom. The van der Waals surface area contributed by atoms with E-state index in [0.717, 1.165) is 5.56 Å². The van der Waals surface area contributed by atoms with Crippen LogP contribution in [0.2, 0.25) is 0 Å². The summed E-state index contributed by atoms with van der Waals surface area (Å²) in [7, 11) is 0. The summed E-state index contributed by atoms with van der Waals surface area (Å²) in [6, 6.07) is 13.0. The van der Waals surface area contributed by atoms with Crippen molar-refractivity contribution in [2.75, 3.05) is 0 Å². The molecule has 3 N–H and O–H groups in total. The van der Waals surface area contributed by atoms with E-state index < -0.39 is 0 Å². The topological polar surface area (TPSA) is 60.7 Å². The van der Waals surface area contributed by atoms with E-state index >= 15 is 0 Å². The lowest BCUT2D eigenvalue weighted by molar-refractivity contribution is 0.450. The number of aromatic hydroxyl groups is 3. The van der Waals surface area contributed by atoms with Crippen LogP contribution in [0.25, 0.3) is 0 Å². The number of hydrogen-bond acceptors (Lipinski definition) is 3. The molecule has 3 heteroatoms. The van der Waals surface area contributed by atoms with E-state index in [1.807, 2.05) is 19.1 Å². The zero-order valence-corrected chi connectivity index (χ0v) is 8.96. The van der Waals surface area contributed by atoms with Crippen molar-refractivity contribution in [3.05, 3.63) is 54.1 Å². The Labute approximate surface area is 94.2 Å². The maximum Gasteiger partial charge on any atom is 0.119 e. The fourth-order valence-corrected chi connectivity index (χ4v) is 1.12. The molecular formula is C13H14O3. The quantitative estimate of drug-likeness (QED) is 0.637. The third kappa shape index (κ3) is 4.37. The molecule has 0 heterocycles. The zero-order chi connectivity index (χ0) is 12.0. The largest absolute Gasteiger partial charge is 0.508 e. The summed E-state index contributed by atoms with van der Waals surface area (Å²) in [5, 5.41) is 26.1. The van der Waals surface area contributed by atoms with Crippen LogP contribution in [0.15, 0.2) is 48.5 Å². The molecule has 2 rings (SSSR count). The first kappa shape index (κ1) is 11.9. The fourth-order valence-electron chi connectivity index (χ4n) is 1.12. The fraction of sp³-hybridized carbons (Fsp3) is 0.0769. The molecule has 0 aromatic heterocycles. The van der Waals surface area contributed by atoms with Crippen molar-refractivity contribution in [1.29, 1.82) is 0 Å². The van der Waals surface area contributed by atoms with E-state index in [4.69, 9.17) is 15.3 Å². The van der Waals surface area contributed by atoms with Crippen LogP contribution in [0.1, 0.15) is 5.56 Å². The first-order chi connectivity index (χ1) is 7.58. The smallest absolute Gasteiger partial charge is 0.119 e. The normalized spacial score (nSPS) is 9.06. The molecule has 0 aliphatic carbocycles. The van der Waals surface area contributed by atoms with Crippen molar-refractivity contribution < 1.29 is 15.3 Å². The minimum Gasteiger partial charge on any atom is -0.508 e. The van der Waals surface area contributed by atoms with Gasteiger partial charge in [-0.05, 0) is 36.8 Å². The van der Waals surface area contributed by atoms with Crippen molar-refractivity contribution in [3.63, 3.8) is 0 Å². The third-order valence-corrected chi connectivity index (χ3v) is 1.83. The maximum absolute atomic E-state index is 8.81. The van der Waals surface area contributed by atoms with E-state index in [1.165, 1.54) is 18.2 Å². The Hall–Kier alpha value is -2.16. The molecule has 84 valence electrons. The SMILES string of the molecule is Cc1cccc(O)c1.Oc1cccc(O)c1. The van der Waals surface area contributed by atoms with Crippen LogP contribution in [0.5, 0.6) is 17.2 Å². The van der Waals surface area contributed by atoms with Gasteiger partial charge in [0.05, 0.1) is 0 Å². The first-order valence-electron chi connectivity index (χ1n) is 4.81. The summed E-state index contributed by atoms with van der Waals surface area (Å²) in [5.74, 6) is 0.514. The van der Waals surface area contributed by atoms with Gasteiger partial charge in [-0.3, -0.25) is 0 Å². The maximum atomic E-state index is 8.81. The van der Waals surface area contributed by atoms with Crippen molar-refractivity contribution in [1.82, 2.24) is 0 Å². The Kier molecular flexibility index (Phi) is 4.21. The molecule has 0 saturated heterocycles. The number of phenols is 3. The predicted octanol–water partition coefficient (Wildman–Crippen LogP) is 2.80. The van der Waals surface area contributed by atoms with E-state index in [2.05, 4.69) is 0 Å². The van der Waals surface area contributed by atoms with Crippen LogP contribution in [0.3, 0.4) is 0 Å². The van der Waals surface area contributed by atoms with Gasteiger partial charge in [0, 0.05) is 6.07 Å². The second kappa shape index (κ2) is 5.66. The van der Waals surface area contributed by atoms with Crippen LogP contribution < -0.4 is 0 Å². The van der Waals surface area contributed by atoms with Crippen LogP contribution in [-0.2, 0) is 0 Å². The Morgan fingerprint density at radius 1 is 0.688 bits per heavy atom. The number of rotatable bonds is 0. The Morgan fingerprint density at radius 2 is 1.12 bits per heavy atom. The molecule has 2 aromatic rings. The second-order valence-corrected chi connectivity index (χ2v) is 3.36. The summed E-state index contributed by atoms with van der Waals surface area (Å²) < 4.78 is 0. The molecular weight excluding hydrogens is 204 g/mol. The van der Waals surface area contributed by atoms with Crippen LogP contribution in [0, 0.1) is 6.92 Å². The van der Waals surface area contributed by atoms with Crippen molar-refractivity contribution in [3.8, 4) is 17.2 Å². The van der Waals surface area contributed by atoms with Gasteiger partial charge in [-0.15, -0.1) is 0 Å². The molecule has 0 radical (unpaired) electrons. The highest BCUT2D eigenvalue weighted by atomic mass is 16.3. The number of hydrogen-bond donors (Lipinski definition) is 3. The van der Waals surface area contributed by atoms with E-state index in [-0.39, 0.29) is 11.5 Å². The van der Waals surface area contributed by atoms with Crippen LogP contribution in [-0.4, -0.2) is 15.3 Å². The first-order valence-corrected chi connectivity index (χ1v) is 4.81. The highest BCUT2D eigenvalue weighted by Gasteiger charge is 1.85. The molecule has 0 unspecified atom stereocenters. The van der Waals surface area contributed by atoms with Gasteiger partial charge in [0.2, 0.25) is 0 Å². The molecule has 0 spiro atoms. The zero-order valence-electron chi connectivity index (χ0n) is 8.96.